The van der Waals surface area contributed by atoms with E-state index in [0.717, 1.165) is 0 Å². The minimum absolute atomic E-state index is 0.230. The van der Waals surface area contributed by atoms with Gasteiger partial charge in [-0.1, -0.05) is 5.92 Å². The molecular formula is C8H15O6PS. The van der Waals surface area contributed by atoms with Gasteiger partial charge in [-0.3, -0.25) is 8.75 Å². The molecule has 6 nitrogen and oxygen atoms in total. The Morgan fingerprint density at radius 1 is 1.38 bits per heavy atom. The van der Waals surface area contributed by atoms with Gasteiger partial charge in [0.2, 0.25) is 0 Å². The minimum atomic E-state index is -3.73. The van der Waals surface area contributed by atoms with Crippen molar-refractivity contribution in [1.29, 1.82) is 0 Å². The maximum absolute atomic E-state index is 11.4. The minimum Gasteiger partial charge on any atom is -0.309 e. The normalized spacial score (nSPS) is 15.3. The molecule has 16 heavy (non-hydrogen) atoms. The van der Waals surface area contributed by atoms with E-state index in [2.05, 4.69) is 4.18 Å². The van der Waals surface area contributed by atoms with Crippen molar-refractivity contribution in [2.75, 3.05) is 32.2 Å². The third-order valence-corrected chi connectivity index (χ3v) is 3.87. The summed E-state index contributed by atoms with van der Waals surface area (Å²) < 4.78 is 47.6. The van der Waals surface area contributed by atoms with Gasteiger partial charge in [0.05, 0.1) is 19.0 Å². The largest absolute Gasteiger partial charge is 0.327 e. The van der Waals surface area contributed by atoms with Gasteiger partial charge in [0, 0.05) is 6.66 Å². The van der Waals surface area contributed by atoms with Crippen LogP contribution in [-0.2, 0) is 27.9 Å². The fourth-order valence-electron chi connectivity index (χ4n) is 0.760. The lowest BCUT2D eigenvalue weighted by molar-refractivity contribution is 0.224. The van der Waals surface area contributed by atoms with Crippen molar-refractivity contribution in [3.8, 4) is 12.3 Å². The van der Waals surface area contributed by atoms with Crippen molar-refractivity contribution < 1.29 is 26.2 Å². The summed E-state index contributed by atoms with van der Waals surface area (Å²) >= 11 is 0. The van der Waals surface area contributed by atoms with Crippen molar-refractivity contribution in [2.24, 2.45) is 0 Å². The second-order valence-corrected chi connectivity index (χ2v) is 6.57. The Hall–Kier alpha value is -0.380. The fraction of sp³-hybridized carbons (Fsp3) is 0.750. The van der Waals surface area contributed by atoms with Crippen molar-refractivity contribution in [3.63, 3.8) is 0 Å². The van der Waals surface area contributed by atoms with Crippen LogP contribution in [0.5, 0.6) is 0 Å². The molecule has 0 aliphatic heterocycles. The van der Waals surface area contributed by atoms with Gasteiger partial charge in [-0.05, 0) is 6.92 Å². The van der Waals surface area contributed by atoms with Gasteiger partial charge in [0.25, 0.3) is 10.1 Å². The first kappa shape index (κ1) is 15.6. The van der Waals surface area contributed by atoms with Crippen LogP contribution in [0.4, 0.5) is 0 Å². The predicted octanol–water partition coefficient (Wildman–Crippen LogP) is 0.842. The van der Waals surface area contributed by atoms with Crippen LogP contribution in [0, 0.1) is 12.3 Å². The summed E-state index contributed by atoms with van der Waals surface area (Å²) in [4.78, 5) is 0. The van der Waals surface area contributed by atoms with E-state index in [1.165, 1.54) is 6.66 Å². The fourth-order valence-corrected chi connectivity index (χ4v) is 2.50. The molecule has 0 saturated heterocycles. The van der Waals surface area contributed by atoms with Crippen LogP contribution in [0.1, 0.15) is 6.92 Å². The molecule has 0 aromatic rings. The van der Waals surface area contributed by atoms with Crippen molar-refractivity contribution >= 4 is 17.7 Å². The lowest BCUT2D eigenvalue weighted by Crippen LogP contribution is -2.15. The monoisotopic (exact) mass is 270 g/mol. The van der Waals surface area contributed by atoms with E-state index in [0.29, 0.717) is 0 Å². The van der Waals surface area contributed by atoms with Crippen molar-refractivity contribution in [1.82, 2.24) is 0 Å². The summed E-state index contributed by atoms with van der Waals surface area (Å²) in [7, 11) is -6.89. The average molecular weight is 270 g/mol. The summed E-state index contributed by atoms with van der Waals surface area (Å²) in [5.41, 5.74) is 0. The molecule has 0 radical (unpaired) electrons. The number of hydrogen-bond acceptors (Lipinski definition) is 6. The Balaban J connectivity index is 3.99. The van der Waals surface area contributed by atoms with Crippen LogP contribution in [0.2, 0.25) is 0 Å². The molecule has 0 spiro atoms. The Morgan fingerprint density at radius 2 is 2.00 bits per heavy atom. The molecule has 0 aromatic carbocycles. The molecule has 0 fully saturated rings. The van der Waals surface area contributed by atoms with E-state index in [4.69, 9.17) is 15.5 Å². The van der Waals surface area contributed by atoms with E-state index >= 15 is 0 Å². The Bertz CT molecular complexity index is 382. The first-order chi connectivity index (χ1) is 7.33. The zero-order chi connectivity index (χ0) is 12.7. The van der Waals surface area contributed by atoms with E-state index < -0.39 is 23.5 Å². The van der Waals surface area contributed by atoms with Gasteiger partial charge < -0.3 is 9.05 Å². The van der Waals surface area contributed by atoms with Gasteiger partial charge in [-0.2, -0.15) is 8.42 Å². The Labute approximate surface area is 95.9 Å². The molecule has 0 amide bonds. The lowest BCUT2D eigenvalue weighted by Gasteiger charge is -2.12. The van der Waals surface area contributed by atoms with E-state index in [-0.39, 0.29) is 19.8 Å². The van der Waals surface area contributed by atoms with Crippen LogP contribution in [-0.4, -0.2) is 40.7 Å². The molecule has 1 unspecified atom stereocenters. The zero-order valence-corrected chi connectivity index (χ0v) is 10.9. The van der Waals surface area contributed by atoms with E-state index in [1.807, 2.05) is 5.92 Å². The summed E-state index contributed by atoms with van der Waals surface area (Å²) in [6.45, 7) is 2.57. The predicted molar refractivity (Wildman–Crippen MR) is 59.7 cm³/mol. The summed E-state index contributed by atoms with van der Waals surface area (Å²) in [5, 5.41) is 0. The molecule has 0 saturated carbocycles. The standard InChI is InChI=1S/C8H15O6PS/c1-4-6-14-16(10,11)8-7-13-15(3,9)12-5-2/h1H,5-8H2,2-3H3. The summed E-state index contributed by atoms with van der Waals surface area (Å²) in [6.07, 6.45) is 4.84. The highest BCUT2D eigenvalue weighted by Crippen LogP contribution is 2.43. The van der Waals surface area contributed by atoms with Gasteiger partial charge in [-0.25, -0.2) is 0 Å². The maximum atomic E-state index is 11.4. The van der Waals surface area contributed by atoms with Crippen LogP contribution >= 0.6 is 7.60 Å². The molecule has 94 valence electrons. The molecule has 0 rings (SSSR count). The molecule has 1 atom stereocenters. The van der Waals surface area contributed by atoms with E-state index in [1.54, 1.807) is 6.92 Å². The molecule has 0 aliphatic carbocycles. The Kier molecular flexibility index (Phi) is 6.88. The average Bonchev–Trinajstić information content (AvgIpc) is 2.14. The number of terminal acetylenes is 1. The third kappa shape index (κ3) is 7.85. The number of hydrogen-bond donors (Lipinski definition) is 0. The molecule has 0 aliphatic rings. The van der Waals surface area contributed by atoms with Crippen LogP contribution in [0.25, 0.3) is 0 Å². The van der Waals surface area contributed by atoms with Gasteiger partial charge >= 0.3 is 7.60 Å². The van der Waals surface area contributed by atoms with Crippen LogP contribution in [0.15, 0.2) is 0 Å². The Morgan fingerprint density at radius 3 is 2.50 bits per heavy atom. The topological polar surface area (TPSA) is 78.9 Å². The van der Waals surface area contributed by atoms with Crippen LogP contribution < -0.4 is 0 Å². The SMILES string of the molecule is C#CCOS(=O)(=O)CCOP(C)(=O)OCC. The smallest absolute Gasteiger partial charge is 0.309 e. The molecule has 0 aromatic heterocycles. The first-order valence-electron chi connectivity index (χ1n) is 4.50. The van der Waals surface area contributed by atoms with Gasteiger partial charge in [0.1, 0.15) is 6.61 Å². The molecule has 8 heteroatoms. The van der Waals surface area contributed by atoms with E-state index in [9.17, 15) is 13.0 Å². The lowest BCUT2D eigenvalue weighted by atomic mass is 10.8. The molecule has 0 bridgehead atoms. The molecule has 0 heterocycles. The van der Waals surface area contributed by atoms with Crippen molar-refractivity contribution in [3.05, 3.63) is 0 Å². The first-order valence-corrected chi connectivity index (χ1v) is 8.07. The highest BCUT2D eigenvalue weighted by molar-refractivity contribution is 7.86. The quantitative estimate of drug-likeness (QED) is 0.369. The van der Waals surface area contributed by atoms with Crippen LogP contribution in [0.3, 0.4) is 0 Å². The van der Waals surface area contributed by atoms with Crippen molar-refractivity contribution in [2.45, 2.75) is 6.92 Å². The van der Waals surface area contributed by atoms with Gasteiger partial charge in [0.15, 0.2) is 0 Å². The molecular weight excluding hydrogens is 255 g/mol. The molecule has 0 N–H and O–H groups in total. The zero-order valence-electron chi connectivity index (χ0n) is 9.21. The highest BCUT2D eigenvalue weighted by atomic mass is 32.2. The van der Waals surface area contributed by atoms with Gasteiger partial charge in [-0.15, -0.1) is 6.42 Å². The third-order valence-electron chi connectivity index (χ3n) is 1.34. The highest BCUT2D eigenvalue weighted by Gasteiger charge is 2.18. The summed E-state index contributed by atoms with van der Waals surface area (Å²) in [6, 6.07) is 0. The maximum Gasteiger partial charge on any atom is 0.327 e. The second kappa shape index (κ2) is 7.05. The number of rotatable bonds is 8. The second-order valence-electron chi connectivity index (χ2n) is 2.75. The summed E-state index contributed by atoms with van der Waals surface area (Å²) in [5.74, 6) is 1.61.